The van der Waals surface area contributed by atoms with Crippen molar-refractivity contribution in [1.82, 2.24) is 0 Å². The maximum atomic E-state index is 11.5. The normalized spacial score (nSPS) is 12.9. The van der Waals surface area contributed by atoms with Gasteiger partial charge in [-0.1, -0.05) is 30.3 Å². The number of rotatable bonds is 3. The first-order valence-corrected chi connectivity index (χ1v) is 5.34. The molecular weight excluding hydrogens is 186 g/mol. The minimum atomic E-state index is -0.323. The molecule has 82 valence electrons. The Morgan fingerprint density at radius 1 is 1.20 bits per heavy atom. The van der Waals surface area contributed by atoms with Crippen LogP contribution in [-0.2, 0) is 6.42 Å². The van der Waals surface area contributed by atoms with Crippen LogP contribution in [0.1, 0.15) is 32.8 Å². The van der Waals surface area contributed by atoms with E-state index >= 15 is 0 Å². The van der Waals surface area contributed by atoms with Crippen molar-refractivity contribution in [3.8, 4) is 0 Å². The van der Waals surface area contributed by atoms with Gasteiger partial charge < -0.3 is 5.21 Å². The molecule has 2 heteroatoms. The lowest BCUT2D eigenvalue weighted by molar-refractivity contribution is -0.532. The summed E-state index contributed by atoms with van der Waals surface area (Å²) >= 11 is 0. The van der Waals surface area contributed by atoms with E-state index in [1.165, 1.54) is 5.56 Å². The molecule has 0 amide bonds. The van der Waals surface area contributed by atoms with Crippen molar-refractivity contribution < 1.29 is 4.74 Å². The van der Waals surface area contributed by atoms with Gasteiger partial charge in [0.1, 0.15) is 0 Å². The van der Waals surface area contributed by atoms with Gasteiger partial charge in [0.25, 0.3) is 0 Å². The molecule has 0 unspecified atom stereocenters. The number of hydrogen-bond donors (Lipinski definition) is 0. The van der Waals surface area contributed by atoms with Crippen LogP contribution >= 0.6 is 0 Å². The Bertz CT molecular complexity index is 322. The summed E-state index contributed by atoms with van der Waals surface area (Å²) in [6.45, 7) is 5.75. The summed E-state index contributed by atoms with van der Waals surface area (Å²) in [6.07, 6.45) is 3.45. The van der Waals surface area contributed by atoms with E-state index in [2.05, 4.69) is 12.1 Å². The molecule has 1 rings (SSSR count). The quantitative estimate of drug-likeness (QED) is 0.322. The van der Waals surface area contributed by atoms with Gasteiger partial charge in [-0.3, -0.25) is 0 Å². The van der Waals surface area contributed by atoms with Crippen molar-refractivity contribution in [2.45, 2.75) is 39.2 Å². The second kappa shape index (κ2) is 4.96. The monoisotopic (exact) mass is 205 g/mol. The van der Waals surface area contributed by atoms with E-state index in [0.717, 1.165) is 17.6 Å². The molecule has 0 atom stereocenters. The van der Waals surface area contributed by atoms with E-state index in [1.54, 1.807) is 6.21 Å². The van der Waals surface area contributed by atoms with Gasteiger partial charge in [0.2, 0.25) is 0 Å². The second-order valence-corrected chi connectivity index (χ2v) is 4.70. The summed E-state index contributed by atoms with van der Waals surface area (Å²) in [4.78, 5) is 0. The van der Waals surface area contributed by atoms with E-state index in [-0.39, 0.29) is 5.54 Å². The summed E-state index contributed by atoms with van der Waals surface area (Å²) < 4.78 is 1.04. The van der Waals surface area contributed by atoms with Gasteiger partial charge >= 0.3 is 0 Å². The summed E-state index contributed by atoms with van der Waals surface area (Å²) in [6, 6.07) is 10.2. The summed E-state index contributed by atoms with van der Waals surface area (Å²) in [7, 11) is 0. The number of aryl methyl sites for hydroxylation is 1. The van der Waals surface area contributed by atoms with Gasteiger partial charge in [0.05, 0.1) is 0 Å². The average molecular weight is 205 g/mol. The highest BCUT2D eigenvalue weighted by molar-refractivity contribution is 5.52. The molecule has 1 aromatic carbocycles. The standard InChI is InChI=1S/C13H19NO/c1-13(2,3)14(15)11-7-10-12-8-5-4-6-9-12/h4-6,8-9,11H,7,10H2,1-3H3/b14-11-. The fourth-order valence-corrected chi connectivity index (χ4v) is 1.27. The summed E-state index contributed by atoms with van der Waals surface area (Å²) in [5, 5.41) is 11.5. The van der Waals surface area contributed by atoms with Crippen LogP contribution in [-0.4, -0.2) is 16.5 Å². The molecule has 0 aliphatic carbocycles. The molecule has 0 bridgehead atoms. The fourth-order valence-electron chi connectivity index (χ4n) is 1.27. The van der Waals surface area contributed by atoms with Crippen molar-refractivity contribution in [1.29, 1.82) is 0 Å². The third-order valence-electron chi connectivity index (χ3n) is 2.23. The van der Waals surface area contributed by atoms with Crippen molar-refractivity contribution in [3.05, 3.63) is 41.1 Å². The first kappa shape index (κ1) is 11.8. The van der Waals surface area contributed by atoms with Crippen LogP contribution in [0.25, 0.3) is 0 Å². The Balaban J connectivity index is 2.46. The van der Waals surface area contributed by atoms with E-state index in [0.29, 0.717) is 0 Å². The largest absolute Gasteiger partial charge is 0.624 e. The third-order valence-corrected chi connectivity index (χ3v) is 2.23. The second-order valence-electron chi connectivity index (χ2n) is 4.70. The Morgan fingerprint density at radius 3 is 2.33 bits per heavy atom. The Kier molecular flexibility index (Phi) is 3.89. The van der Waals surface area contributed by atoms with E-state index in [4.69, 9.17) is 0 Å². The van der Waals surface area contributed by atoms with Crippen molar-refractivity contribution in [2.75, 3.05) is 0 Å². The highest BCUT2D eigenvalue weighted by Gasteiger charge is 2.17. The van der Waals surface area contributed by atoms with E-state index in [1.807, 2.05) is 39.0 Å². The zero-order valence-corrected chi connectivity index (χ0v) is 9.73. The first-order valence-electron chi connectivity index (χ1n) is 5.34. The van der Waals surface area contributed by atoms with Crippen molar-refractivity contribution in [2.24, 2.45) is 0 Å². The molecule has 0 spiro atoms. The molecule has 0 saturated carbocycles. The van der Waals surface area contributed by atoms with Gasteiger partial charge in [-0.2, -0.15) is 0 Å². The summed E-state index contributed by atoms with van der Waals surface area (Å²) in [5.41, 5.74) is 0.951. The zero-order valence-electron chi connectivity index (χ0n) is 9.73. The molecule has 0 N–H and O–H groups in total. The zero-order chi connectivity index (χ0) is 11.3. The van der Waals surface area contributed by atoms with Gasteiger partial charge in [-0.15, -0.1) is 0 Å². The molecule has 0 radical (unpaired) electrons. The maximum Gasteiger partial charge on any atom is 0.164 e. The van der Waals surface area contributed by atoms with Crippen LogP contribution in [0.2, 0.25) is 0 Å². The van der Waals surface area contributed by atoms with Gasteiger partial charge in [0, 0.05) is 27.2 Å². The molecule has 0 heterocycles. The van der Waals surface area contributed by atoms with Gasteiger partial charge in [-0.25, -0.2) is 4.74 Å². The molecule has 2 nitrogen and oxygen atoms in total. The van der Waals surface area contributed by atoms with Gasteiger partial charge in [-0.05, 0) is 12.0 Å². The fraction of sp³-hybridized carbons (Fsp3) is 0.462. The molecule has 1 aromatic rings. The van der Waals surface area contributed by atoms with Crippen molar-refractivity contribution in [3.63, 3.8) is 0 Å². The molecule has 0 saturated heterocycles. The van der Waals surface area contributed by atoms with Crippen molar-refractivity contribution >= 4 is 6.21 Å². The minimum Gasteiger partial charge on any atom is -0.624 e. The molecule has 0 aromatic heterocycles. The molecule has 0 fully saturated rings. The van der Waals surface area contributed by atoms with E-state index in [9.17, 15) is 5.21 Å². The number of nitrogens with zero attached hydrogens (tertiary/aromatic N) is 1. The average Bonchev–Trinajstić information content (AvgIpc) is 2.18. The minimum absolute atomic E-state index is 0.323. The molecule has 15 heavy (non-hydrogen) atoms. The Morgan fingerprint density at radius 2 is 1.80 bits per heavy atom. The first-order chi connectivity index (χ1) is 7.00. The lowest BCUT2D eigenvalue weighted by atomic mass is 10.1. The van der Waals surface area contributed by atoms with Crippen LogP contribution in [0.5, 0.6) is 0 Å². The predicted octanol–water partition coefficient (Wildman–Crippen LogP) is 3.00. The number of hydrogen-bond acceptors (Lipinski definition) is 1. The van der Waals surface area contributed by atoms with Crippen LogP contribution in [0, 0.1) is 5.21 Å². The third kappa shape index (κ3) is 4.15. The van der Waals surface area contributed by atoms with Crippen LogP contribution in [0.3, 0.4) is 0 Å². The lowest BCUT2D eigenvalue weighted by Crippen LogP contribution is -2.29. The highest BCUT2D eigenvalue weighted by Crippen LogP contribution is 2.06. The number of benzene rings is 1. The topological polar surface area (TPSA) is 26.1 Å². The maximum absolute atomic E-state index is 11.5. The molecule has 0 aliphatic rings. The lowest BCUT2D eigenvalue weighted by Gasteiger charge is -2.18. The van der Waals surface area contributed by atoms with Crippen LogP contribution < -0.4 is 0 Å². The smallest absolute Gasteiger partial charge is 0.164 e. The van der Waals surface area contributed by atoms with Crippen LogP contribution in [0.15, 0.2) is 30.3 Å². The Hall–Kier alpha value is -1.31. The predicted molar refractivity (Wildman–Crippen MR) is 64.2 cm³/mol. The highest BCUT2D eigenvalue weighted by atomic mass is 16.5. The van der Waals surface area contributed by atoms with Gasteiger partial charge in [0.15, 0.2) is 11.8 Å². The van der Waals surface area contributed by atoms with Crippen LogP contribution in [0.4, 0.5) is 0 Å². The number of hydroxylamine groups is 1. The Labute approximate surface area is 91.8 Å². The molecule has 0 aliphatic heterocycles. The molecular formula is C13H19NO. The SMILES string of the molecule is CC(C)(C)/[N+]([O-])=C/CCc1ccccc1. The van der Waals surface area contributed by atoms with E-state index < -0.39 is 0 Å². The summed E-state index contributed by atoms with van der Waals surface area (Å²) in [5.74, 6) is 0.